The lowest BCUT2D eigenvalue weighted by Gasteiger charge is -2.34. The molecule has 0 radical (unpaired) electrons. The smallest absolute Gasteiger partial charge is 0.256 e. The number of carbonyl (C=O) groups excluding carboxylic acids is 1. The van der Waals surface area contributed by atoms with Crippen LogP contribution in [0.4, 0.5) is 4.39 Å². The minimum atomic E-state index is -0.480. The Morgan fingerprint density at radius 2 is 1.67 bits per heavy atom. The van der Waals surface area contributed by atoms with Crippen LogP contribution >= 0.6 is 0 Å². The highest BCUT2D eigenvalue weighted by Crippen LogP contribution is 2.14. The number of rotatable bonds is 4. The van der Waals surface area contributed by atoms with Crippen molar-refractivity contribution < 1.29 is 9.18 Å². The van der Waals surface area contributed by atoms with Crippen molar-refractivity contribution in [3.8, 4) is 5.69 Å². The maximum Gasteiger partial charge on any atom is 0.256 e. The topological polar surface area (TPSA) is 67.2 Å². The minimum absolute atomic E-state index is 0.124. The van der Waals surface area contributed by atoms with Gasteiger partial charge in [0.15, 0.2) is 5.82 Å². The number of benzene rings is 2. The highest BCUT2D eigenvalue weighted by molar-refractivity contribution is 5.94. The molecule has 27 heavy (non-hydrogen) atoms. The van der Waals surface area contributed by atoms with E-state index in [-0.39, 0.29) is 11.5 Å². The van der Waals surface area contributed by atoms with Gasteiger partial charge in [-0.1, -0.05) is 30.3 Å². The Bertz CT molecular complexity index is 921. The molecule has 2 heterocycles. The lowest BCUT2D eigenvalue weighted by molar-refractivity contribution is 0.0620. The second kappa shape index (κ2) is 7.63. The van der Waals surface area contributed by atoms with E-state index in [1.807, 2.05) is 30.3 Å². The molecule has 0 N–H and O–H groups in total. The minimum Gasteiger partial charge on any atom is -0.336 e. The molecule has 4 rings (SSSR count). The number of carbonyl (C=O) groups is 1. The fraction of sp³-hybridized carbons (Fsp3) is 0.263. The van der Waals surface area contributed by atoms with E-state index in [1.54, 1.807) is 21.7 Å². The highest BCUT2D eigenvalue weighted by Gasteiger charge is 2.25. The summed E-state index contributed by atoms with van der Waals surface area (Å²) in [6.45, 7) is 3.04. The van der Waals surface area contributed by atoms with Crippen molar-refractivity contribution in [3.63, 3.8) is 0 Å². The van der Waals surface area contributed by atoms with Gasteiger partial charge in [-0.15, -0.1) is 5.10 Å². The van der Waals surface area contributed by atoms with Gasteiger partial charge in [-0.3, -0.25) is 9.69 Å². The molecule has 2 aromatic carbocycles. The van der Waals surface area contributed by atoms with Crippen LogP contribution in [0, 0.1) is 5.82 Å². The van der Waals surface area contributed by atoms with Gasteiger partial charge in [-0.05, 0) is 34.7 Å². The van der Waals surface area contributed by atoms with E-state index in [0.717, 1.165) is 11.5 Å². The van der Waals surface area contributed by atoms with Crippen LogP contribution in [0.2, 0.25) is 0 Å². The quantitative estimate of drug-likeness (QED) is 0.704. The Morgan fingerprint density at radius 3 is 2.41 bits per heavy atom. The van der Waals surface area contributed by atoms with E-state index < -0.39 is 5.82 Å². The fourth-order valence-electron chi connectivity index (χ4n) is 3.19. The van der Waals surface area contributed by atoms with Gasteiger partial charge >= 0.3 is 0 Å². The van der Waals surface area contributed by atoms with Crippen LogP contribution in [0.25, 0.3) is 5.69 Å². The maximum atomic E-state index is 13.8. The third kappa shape index (κ3) is 3.70. The summed E-state index contributed by atoms with van der Waals surface area (Å²) in [5.74, 6) is 0.00363. The Balaban J connectivity index is 1.39. The molecule has 0 aliphatic carbocycles. The second-order valence-corrected chi connectivity index (χ2v) is 6.39. The predicted molar refractivity (Wildman–Crippen MR) is 96.7 cm³/mol. The van der Waals surface area contributed by atoms with Gasteiger partial charge in [0.05, 0.1) is 17.8 Å². The van der Waals surface area contributed by atoms with Crippen LogP contribution < -0.4 is 0 Å². The summed E-state index contributed by atoms with van der Waals surface area (Å²) in [4.78, 5) is 16.4. The van der Waals surface area contributed by atoms with E-state index in [0.29, 0.717) is 32.7 Å². The SMILES string of the molecule is O=C(c1ccccc1F)N1CCN(Cc2nnnn2-c2ccccc2)CC1. The van der Waals surface area contributed by atoms with Crippen LogP contribution in [0.3, 0.4) is 0 Å². The molecule has 7 nitrogen and oxygen atoms in total. The Morgan fingerprint density at radius 1 is 0.963 bits per heavy atom. The van der Waals surface area contributed by atoms with Crippen LogP contribution in [-0.4, -0.2) is 62.1 Å². The highest BCUT2D eigenvalue weighted by atomic mass is 19.1. The molecule has 1 amide bonds. The third-order valence-electron chi connectivity index (χ3n) is 4.66. The summed E-state index contributed by atoms with van der Waals surface area (Å²) in [6.07, 6.45) is 0. The van der Waals surface area contributed by atoms with Gasteiger partial charge < -0.3 is 4.90 Å². The summed E-state index contributed by atoms with van der Waals surface area (Å²) in [5.41, 5.74) is 1.03. The van der Waals surface area contributed by atoms with Gasteiger partial charge in [0.2, 0.25) is 0 Å². The number of amides is 1. The largest absolute Gasteiger partial charge is 0.336 e. The molecule has 3 aromatic rings. The Labute approximate surface area is 156 Å². The molecule has 0 unspecified atom stereocenters. The first kappa shape index (κ1) is 17.3. The maximum absolute atomic E-state index is 13.8. The normalized spacial score (nSPS) is 15.1. The summed E-state index contributed by atoms with van der Waals surface area (Å²) in [5, 5.41) is 12.0. The molecule has 1 fully saturated rings. The average Bonchev–Trinajstić information content (AvgIpc) is 3.17. The van der Waals surface area contributed by atoms with E-state index in [1.165, 1.54) is 12.1 Å². The number of hydrogen-bond acceptors (Lipinski definition) is 5. The summed E-state index contributed by atoms with van der Waals surface area (Å²) >= 11 is 0. The lowest BCUT2D eigenvalue weighted by atomic mass is 10.1. The van der Waals surface area contributed by atoms with Crippen molar-refractivity contribution in [2.24, 2.45) is 0 Å². The van der Waals surface area contributed by atoms with Crippen molar-refractivity contribution in [1.82, 2.24) is 30.0 Å². The third-order valence-corrected chi connectivity index (χ3v) is 4.66. The molecule has 1 aromatic heterocycles. The van der Waals surface area contributed by atoms with E-state index >= 15 is 0 Å². The number of piperazine rings is 1. The average molecular weight is 366 g/mol. The van der Waals surface area contributed by atoms with Gasteiger partial charge in [0, 0.05) is 26.2 Å². The Kier molecular flexibility index (Phi) is 4.88. The van der Waals surface area contributed by atoms with Gasteiger partial charge in [-0.2, -0.15) is 4.68 Å². The van der Waals surface area contributed by atoms with Crippen molar-refractivity contribution in [3.05, 3.63) is 71.8 Å². The van der Waals surface area contributed by atoms with Gasteiger partial charge in [0.25, 0.3) is 5.91 Å². The van der Waals surface area contributed by atoms with Crippen LogP contribution in [0.15, 0.2) is 54.6 Å². The second-order valence-electron chi connectivity index (χ2n) is 6.39. The lowest BCUT2D eigenvalue weighted by Crippen LogP contribution is -2.48. The molecule has 1 aliphatic rings. The van der Waals surface area contributed by atoms with Crippen LogP contribution in [-0.2, 0) is 6.54 Å². The fourth-order valence-corrected chi connectivity index (χ4v) is 3.19. The van der Waals surface area contributed by atoms with Gasteiger partial charge in [0.1, 0.15) is 5.82 Å². The number of aromatic nitrogens is 4. The molecule has 1 saturated heterocycles. The molecule has 0 spiro atoms. The molecule has 1 aliphatic heterocycles. The van der Waals surface area contributed by atoms with Crippen molar-refractivity contribution in [2.75, 3.05) is 26.2 Å². The zero-order valence-electron chi connectivity index (χ0n) is 14.7. The molecule has 0 saturated carbocycles. The van der Waals surface area contributed by atoms with Gasteiger partial charge in [-0.25, -0.2) is 4.39 Å². The number of tetrazole rings is 1. The number of halogens is 1. The molecule has 0 atom stereocenters. The molecule has 8 heteroatoms. The predicted octanol–water partition coefficient (Wildman–Crippen LogP) is 1.76. The summed E-state index contributed by atoms with van der Waals surface area (Å²) in [7, 11) is 0. The zero-order chi connectivity index (χ0) is 18.6. The molecular formula is C19H19FN6O. The van der Waals surface area contributed by atoms with E-state index in [2.05, 4.69) is 20.4 Å². The van der Waals surface area contributed by atoms with E-state index in [9.17, 15) is 9.18 Å². The first-order valence-corrected chi connectivity index (χ1v) is 8.81. The molecular weight excluding hydrogens is 347 g/mol. The van der Waals surface area contributed by atoms with Crippen molar-refractivity contribution in [1.29, 1.82) is 0 Å². The van der Waals surface area contributed by atoms with Crippen molar-refractivity contribution >= 4 is 5.91 Å². The number of para-hydroxylation sites is 1. The van der Waals surface area contributed by atoms with Crippen molar-refractivity contribution in [2.45, 2.75) is 6.54 Å². The van der Waals surface area contributed by atoms with E-state index in [4.69, 9.17) is 0 Å². The standard InChI is InChI=1S/C19H19FN6O/c20-17-9-5-4-8-16(17)19(27)25-12-10-24(11-13-25)14-18-21-22-23-26(18)15-6-2-1-3-7-15/h1-9H,10-14H2. The molecule has 0 bridgehead atoms. The Hall–Kier alpha value is -3.13. The summed E-state index contributed by atoms with van der Waals surface area (Å²) in [6, 6.07) is 15.8. The first-order chi connectivity index (χ1) is 13.2. The summed E-state index contributed by atoms with van der Waals surface area (Å²) < 4.78 is 15.6. The monoisotopic (exact) mass is 366 g/mol. The van der Waals surface area contributed by atoms with Crippen LogP contribution in [0.5, 0.6) is 0 Å². The number of nitrogens with zero attached hydrogens (tertiary/aromatic N) is 6. The van der Waals surface area contributed by atoms with Crippen LogP contribution in [0.1, 0.15) is 16.2 Å². The first-order valence-electron chi connectivity index (χ1n) is 8.81. The zero-order valence-corrected chi connectivity index (χ0v) is 14.7. The molecule has 138 valence electrons. The number of hydrogen-bond donors (Lipinski definition) is 0.